The van der Waals surface area contributed by atoms with Crippen LogP contribution in [-0.4, -0.2) is 21.0 Å². The summed E-state index contributed by atoms with van der Waals surface area (Å²) in [6.45, 7) is 0. The Labute approximate surface area is 147 Å². The molecule has 3 nitrogen and oxygen atoms in total. The summed E-state index contributed by atoms with van der Waals surface area (Å²) in [5, 5.41) is 0.619. The number of nitrogens with zero attached hydrogens (tertiary/aromatic N) is 1. The molecule has 2 aromatic carbocycles. The van der Waals surface area contributed by atoms with E-state index in [0.717, 1.165) is 22.2 Å². The van der Waals surface area contributed by atoms with Gasteiger partial charge in [0.05, 0.1) is 4.91 Å². The number of carbonyl (C=O) groups is 2. The minimum absolute atomic E-state index is 0.240. The van der Waals surface area contributed by atoms with Gasteiger partial charge in [-0.2, -0.15) is 0 Å². The Hall–Kier alpha value is -1.95. The topological polar surface area (TPSA) is 37.4 Å². The van der Waals surface area contributed by atoms with Gasteiger partial charge in [0.2, 0.25) is 0 Å². The molecule has 0 saturated carbocycles. The number of thioether (sulfide) groups is 1. The van der Waals surface area contributed by atoms with Crippen molar-refractivity contribution in [2.75, 3.05) is 0 Å². The van der Waals surface area contributed by atoms with Crippen molar-refractivity contribution in [3.63, 3.8) is 0 Å². The van der Waals surface area contributed by atoms with Crippen LogP contribution in [0.1, 0.15) is 15.9 Å². The Balaban J connectivity index is 1.88. The predicted octanol–water partition coefficient (Wildman–Crippen LogP) is 4.38. The highest BCUT2D eigenvalue weighted by molar-refractivity contribution is 8.26. The quantitative estimate of drug-likeness (QED) is 0.453. The molecular weight excluding hydrogens is 350 g/mol. The maximum atomic E-state index is 12.5. The minimum atomic E-state index is -0.410. The van der Waals surface area contributed by atoms with Crippen molar-refractivity contribution in [3.8, 4) is 0 Å². The number of benzene rings is 2. The second kappa shape index (κ2) is 6.66. The van der Waals surface area contributed by atoms with Gasteiger partial charge in [-0.3, -0.25) is 9.59 Å². The summed E-state index contributed by atoms with van der Waals surface area (Å²) in [6.07, 6.45) is 1.70. The molecule has 1 aliphatic heterocycles. The summed E-state index contributed by atoms with van der Waals surface area (Å²) in [5.74, 6) is -0.809. The van der Waals surface area contributed by atoms with Crippen LogP contribution < -0.4 is 0 Å². The highest BCUT2D eigenvalue weighted by atomic mass is 35.5. The molecule has 0 N–H and O–H groups in total. The molecule has 1 aliphatic rings. The Morgan fingerprint density at radius 3 is 2.39 bits per heavy atom. The third-order valence-corrected chi connectivity index (χ3v) is 4.74. The maximum Gasteiger partial charge on any atom is 0.273 e. The van der Waals surface area contributed by atoms with Gasteiger partial charge in [0.1, 0.15) is 0 Å². The summed E-state index contributed by atoms with van der Waals surface area (Å²) in [6, 6.07) is 15.7. The van der Waals surface area contributed by atoms with E-state index < -0.39 is 11.8 Å². The number of amides is 2. The van der Waals surface area contributed by atoms with Gasteiger partial charge in [-0.25, -0.2) is 4.90 Å². The first-order chi connectivity index (χ1) is 11.1. The highest BCUT2D eigenvalue weighted by Crippen LogP contribution is 2.33. The van der Waals surface area contributed by atoms with Crippen molar-refractivity contribution in [1.82, 2.24) is 4.90 Å². The third-order valence-electron chi connectivity index (χ3n) is 3.19. The Bertz CT molecular complexity index is 816. The van der Waals surface area contributed by atoms with Gasteiger partial charge >= 0.3 is 0 Å². The van der Waals surface area contributed by atoms with Gasteiger partial charge in [0.15, 0.2) is 4.32 Å². The summed E-state index contributed by atoms with van der Waals surface area (Å²) in [4.78, 5) is 26.4. The normalized spacial score (nSPS) is 16.2. The summed E-state index contributed by atoms with van der Waals surface area (Å²) in [5.41, 5.74) is 1.25. The lowest BCUT2D eigenvalue weighted by Crippen LogP contribution is -2.34. The Morgan fingerprint density at radius 2 is 1.74 bits per heavy atom. The molecule has 0 radical (unpaired) electrons. The predicted molar refractivity (Wildman–Crippen MR) is 97.2 cm³/mol. The van der Waals surface area contributed by atoms with Gasteiger partial charge in [0, 0.05) is 10.6 Å². The molecule has 23 heavy (non-hydrogen) atoms. The zero-order valence-corrected chi connectivity index (χ0v) is 14.1. The molecule has 1 heterocycles. The molecule has 1 saturated heterocycles. The van der Waals surface area contributed by atoms with Crippen LogP contribution in [0.25, 0.3) is 6.08 Å². The SMILES string of the molecule is O=C1C(=Cc2ccc(Cl)cc2)SC(=S)N1C(=O)c1ccccc1. The molecule has 3 rings (SSSR count). The zero-order valence-electron chi connectivity index (χ0n) is 11.7. The average molecular weight is 360 g/mol. The molecular formula is C17H10ClNO2S2. The Morgan fingerprint density at radius 1 is 1.09 bits per heavy atom. The highest BCUT2D eigenvalue weighted by Gasteiger charge is 2.37. The van der Waals surface area contributed by atoms with Crippen molar-refractivity contribution in [2.24, 2.45) is 0 Å². The van der Waals surface area contributed by atoms with Crippen LogP contribution in [0, 0.1) is 0 Å². The minimum Gasteiger partial charge on any atom is -0.268 e. The number of hydrogen-bond acceptors (Lipinski definition) is 4. The number of imide groups is 1. The van der Waals surface area contributed by atoms with Crippen molar-refractivity contribution in [1.29, 1.82) is 0 Å². The van der Waals surface area contributed by atoms with Gasteiger partial charge in [-0.15, -0.1) is 0 Å². The van der Waals surface area contributed by atoms with E-state index in [2.05, 4.69) is 0 Å². The number of thiocarbonyl (C=S) groups is 1. The fraction of sp³-hybridized carbons (Fsp3) is 0. The third kappa shape index (κ3) is 3.37. The van der Waals surface area contributed by atoms with Crippen molar-refractivity contribution in [3.05, 3.63) is 75.7 Å². The first-order valence-corrected chi connectivity index (χ1v) is 8.29. The summed E-state index contributed by atoms with van der Waals surface area (Å²) < 4.78 is 0.240. The lowest BCUT2D eigenvalue weighted by molar-refractivity contribution is -0.120. The Kier molecular flexibility index (Phi) is 4.61. The van der Waals surface area contributed by atoms with Crippen LogP contribution in [0.5, 0.6) is 0 Å². The van der Waals surface area contributed by atoms with Gasteiger partial charge in [-0.05, 0) is 35.9 Å². The lowest BCUT2D eigenvalue weighted by atomic mass is 10.2. The van der Waals surface area contributed by atoms with E-state index >= 15 is 0 Å². The van der Waals surface area contributed by atoms with E-state index in [1.54, 1.807) is 54.6 Å². The van der Waals surface area contributed by atoms with E-state index in [1.807, 2.05) is 6.07 Å². The molecule has 2 amide bonds. The summed E-state index contributed by atoms with van der Waals surface area (Å²) in [7, 11) is 0. The van der Waals surface area contributed by atoms with Crippen LogP contribution in [-0.2, 0) is 4.79 Å². The number of hydrogen-bond donors (Lipinski definition) is 0. The monoisotopic (exact) mass is 359 g/mol. The van der Waals surface area contributed by atoms with Crippen molar-refractivity contribution < 1.29 is 9.59 Å². The van der Waals surface area contributed by atoms with E-state index in [9.17, 15) is 9.59 Å². The van der Waals surface area contributed by atoms with Crippen molar-refractivity contribution >= 4 is 57.8 Å². The van der Waals surface area contributed by atoms with Crippen LogP contribution in [0.3, 0.4) is 0 Å². The maximum absolute atomic E-state index is 12.5. The molecule has 0 bridgehead atoms. The summed E-state index contributed by atoms with van der Waals surface area (Å²) >= 11 is 12.2. The van der Waals surface area contributed by atoms with Gasteiger partial charge in [0.25, 0.3) is 11.8 Å². The van der Waals surface area contributed by atoms with Crippen LogP contribution in [0.2, 0.25) is 5.02 Å². The number of rotatable bonds is 2. The average Bonchev–Trinajstić information content (AvgIpc) is 2.84. The van der Waals surface area contributed by atoms with Crippen molar-refractivity contribution in [2.45, 2.75) is 0 Å². The van der Waals surface area contributed by atoms with Gasteiger partial charge < -0.3 is 0 Å². The molecule has 0 spiro atoms. The molecule has 2 aromatic rings. The second-order valence-electron chi connectivity index (χ2n) is 4.74. The molecule has 0 atom stereocenters. The molecule has 1 fully saturated rings. The largest absolute Gasteiger partial charge is 0.273 e. The molecule has 6 heteroatoms. The lowest BCUT2D eigenvalue weighted by Gasteiger charge is -2.12. The smallest absolute Gasteiger partial charge is 0.268 e. The van der Waals surface area contributed by atoms with Crippen LogP contribution >= 0.6 is 35.6 Å². The van der Waals surface area contributed by atoms with Crippen LogP contribution in [0.4, 0.5) is 0 Å². The van der Waals surface area contributed by atoms with Crippen LogP contribution in [0.15, 0.2) is 59.5 Å². The fourth-order valence-corrected chi connectivity index (χ4v) is 3.44. The van der Waals surface area contributed by atoms with Gasteiger partial charge in [-0.1, -0.05) is 65.9 Å². The number of carbonyl (C=O) groups excluding carboxylic acids is 2. The number of halogens is 1. The first-order valence-electron chi connectivity index (χ1n) is 6.69. The fourth-order valence-electron chi connectivity index (χ4n) is 2.06. The first kappa shape index (κ1) is 15.9. The molecule has 0 aromatic heterocycles. The molecule has 114 valence electrons. The van der Waals surface area contributed by atoms with E-state index in [1.165, 1.54) is 0 Å². The second-order valence-corrected chi connectivity index (χ2v) is 6.85. The van der Waals surface area contributed by atoms with E-state index in [0.29, 0.717) is 15.5 Å². The van der Waals surface area contributed by atoms with E-state index in [-0.39, 0.29) is 4.32 Å². The molecule has 0 aliphatic carbocycles. The van der Waals surface area contributed by atoms with E-state index in [4.69, 9.17) is 23.8 Å². The molecule has 0 unspecified atom stereocenters. The standard InChI is InChI=1S/C17H10ClNO2S2/c18-13-8-6-11(7-9-13)10-14-16(21)19(17(22)23-14)15(20)12-4-2-1-3-5-12/h1-10H. The zero-order chi connectivity index (χ0) is 16.4.